The third kappa shape index (κ3) is 1.90. The first-order valence-electron chi connectivity index (χ1n) is 4.29. The van der Waals surface area contributed by atoms with Crippen molar-refractivity contribution in [2.75, 3.05) is 0 Å². The average molecular weight is 207 g/mol. The van der Waals surface area contributed by atoms with Gasteiger partial charge in [-0.25, -0.2) is 4.98 Å². The van der Waals surface area contributed by atoms with Crippen LogP contribution in [0.3, 0.4) is 0 Å². The molecule has 1 aromatic heterocycles. The molecule has 72 valence electrons. The molecule has 0 radical (unpaired) electrons. The lowest BCUT2D eigenvalue weighted by Crippen LogP contribution is -1.96. The van der Waals surface area contributed by atoms with E-state index in [1.807, 2.05) is 18.2 Å². The van der Waals surface area contributed by atoms with Crippen LogP contribution in [0.2, 0.25) is 0 Å². The second-order valence-corrected chi connectivity index (χ2v) is 3.93. The van der Waals surface area contributed by atoms with Gasteiger partial charge in [-0.15, -0.1) is 11.3 Å². The Balaban J connectivity index is 2.21. The average Bonchev–Trinajstić information content (AvgIpc) is 2.61. The van der Waals surface area contributed by atoms with Gasteiger partial charge in [-0.3, -0.25) is 4.79 Å². The molecular weight excluding hydrogens is 198 g/mol. The van der Waals surface area contributed by atoms with E-state index in [0.29, 0.717) is 6.42 Å². The maximum absolute atomic E-state index is 10.4. The maximum Gasteiger partial charge on any atom is 0.303 e. The molecule has 0 aliphatic rings. The van der Waals surface area contributed by atoms with E-state index in [-0.39, 0.29) is 6.42 Å². The SMILES string of the molecule is O=C(O)CCc1ccc2ncsc2c1. The fourth-order valence-corrected chi connectivity index (χ4v) is 2.05. The van der Waals surface area contributed by atoms with Crippen LogP contribution in [0.1, 0.15) is 12.0 Å². The van der Waals surface area contributed by atoms with Crippen molar-refractivity contribution in [3.8, 4) is 0 Å². The normalized spacial score (nSPS) is 10.6. The zero-order valence-electron chi connectivity index (χ0n) is 7.43. The number of aliphatic carboxylic acids is 1. The second kappa shape index (κ2) is 3.75. The molecule has 14 heavy (non-hydrogen) atoms. The monoisotopic (exact) mass is 207 g/mol. The highest BCUT2D eigenvalue weighted by Crippen LogP contribution is 2.19. The van der Waals surface area contributed by atoms with Gasteiger partial charge in [-0.05, 0) is 24.1 Å². The van der Waals surface area contributed by atoms with Crippen molar-refractivity contribution in [3.63, 3.8) is 0 Å². The highest BCUT2D eigenvalue weighted by Gasteiger charge is 2.01. The topological polar surface area (TPSA) is 50.2 Å². The molecule has 2 aromatic rings. The Morgan fingerprint density at radius 2 is 2.36 bits per heavy atom. The maximum atomic E-state index is 10.4. The lowest BCUT2D eigenvalue weighted by atomic mass is 10.1. The van der Waals surface area contributed by atoms with E-state index in [9.17, 15) is 4.79 Å². The van der Waals surface area contributed by atoms with Crippen LogP contribution in [0, 0.1) is 0 Å². The van der Waals surface area contributed by atoms with E-state index in [0.717, 1.165) is 15.8 Å². The van der Waals surface area contributed by atoms with E-state index < -0.39 is 5.97 Å². The van der Waals surface area contributed by atoms with Crippen LogP contribution >= 0.6 is 11.3 Å². The highest BCUT2D eigenvalue weighted by molar-refractivity contribution is 7.16. The van der Waals surface area contributed by atoms with Gasteiger partial charge in [0.15, 0.2) is 0 Å². The van der Waals surface area contributed by atoms with Crippen molar-refractivity contribution in [3.05, 3.63) is 29.3 Å². The molecule has 1 aromatic carbocycles. The minimum Gasteiger partial charge on any atom is -0.481 e. The Morgan fingerprint density at radius 3 is 3.14 bits per heavy atom. The van der Waals surface area contributed by atoms with Crippen LogP contribution in [0.25, 0.3) is 10.2 Å². The number of hydrogen-bond donors (Lipinski definition) is 1. The molecule has 0 fully saturated rings. The number of hydrogen-bond acceptors (Lipinski definition) is 3. The lowest BCUT2D eigenvalue weighted by Gasteiger charge is -1.97. The summed E-state index contributed by atoms with van der Waals surface area (Å²) in [6, 6.07) is 5.88. The zero-order chi connectivity index (χ0) is 9.97. The molecule has 1 heterocycles. The third-order valence-corrected chi connectivity index (χ3v) is 2.81. The van der Waals surface area contributed by atoms with Gasteiger partial charge in [0.1, 0.15) is 0 Å². The Morgan fingerprint density at radius 1 is 1.50 bits per heavy atom. The summed E-state index contributed by atoms with van der Waals surface area (Å²) < 4.78 is 1.12. The molecule has 0 unspecified atom stereocenters. The molecule has 2 rings (SSSR count). The van der Waals surface area contributed by atoms with E-state index in [2.05, 4.69) is 4.98 Å². The Labute approximate surface area is 85.0 Å². The molecule has 0 saturated carbocycles. The van der Waals surface area contributed by atoms with Gasteiger partial charge in [0.2, 0.25) is 0 Å². The minimum absolute atomic E-state index is 0.185. The van der Waals surface area contributed by atoms with Gasteiger partial charge in [0.25, 0.3) is 0 Å². The molecule has 0 amide bonds. The van der Waals surface area contributed by atoms with Crippen molar-refractivity contribution >= 4 is 27.5 Å². The number of carboxylic acid groups (broad SMARTS) is 1. The zero-order valence-corrected chi connectivity index (χ0v) is 8.25. The van der Waals surface area contributed by atoms with Gasteiger partial charge in [-0.1, -0.05) is 6.07 Å². The molecule has 1 N–H and O–H groups in total. The number of nitrogens with zero attached hydrogens (tertiary/aromatic N) is 1. The van der Waals surface area contributed by atoms with Gasteiger partial charge in [-0.2, -0.15) is 0 Å². The van der Waals surface area contributed by atoms with Gasteiger partial charge in [0.05, 0.1) is 15.7 Å². The number of thiazole rings is 1. The molecule has 0 bridgehead atoms. The summed E-state index contributed by atoms with van der Waals surface area (Å²) in [7, 11) is 0. The Bertz CT molecular complexity index is 464. The summed E-state index contributed by atoms with van der Waals surface area (Å²) in [5.41, 5.74) is 3.84. The molecule has 4 heteroatoms. The second-order valence-electron chi connectivity index (χ2n) is 3.05. The number of carboxylic acids is 1. The highest BCUT2D eigenvalue weighted by atomic mass is 32.1. The smallest absolute Gasteiger partial charge is 0.303 e. The first-order chi connectivity index (χ1) is 6.75. The molecule has 0 atom stereocenters. The molecule has 3 nitrogen and oxygen atoms in total. The number of benzene rings is 1. The first-order valence-corrected chi connectivity index (χ1v) is 5.17. The Hall–Kier alpha value is -1.42. The van der Waals surface area contributed by atoms with Crippen molar-refractivity contribution in [2.24, 2.45) is 0 Å². The van der Waals surface area contributed by atoms with Crippen molar-refractivity contribution < 1.29 is 9.90 Å². The van der Waals surface area contributed by atoms with Crippen molar-refractivity contribution in [1.82, 2.24) is 4.98 Å². The summed E-state index contributed by atoms with van der Waals surface area (Å²) in [6.45, 7) is 0. The van der Waals surface area contributed by atoms with Crippen LogP contribution in [0.4, 0.5) is 0 Å². The molecule has 0 saturated heterocycles. The van der Waals surface area contributed by atoms with Crippen molar-refractivity contribution in [2.45, 2.75) is 12.8 Å². The molecule has 0 aliphatic carbocycles. The molecule has 0 aliphatic heterocycles. The van der Waals surface area contributed by atoms with Gasteiger partial charge in [0, 0.05) is 6.42 Å². The number of rotatable bonds is 3. The van der Waals surface area contributed by atoms with Crippen LogP contribution in [-0.4, -0.2) is 16.1 Å². The van der Waals surface area contributed by atoms with Crippen LogP contribution < -0.4 is 0 Å². The van der Waals surface area contributed by atoms with Crippen molar-refractivity contribution in [1.29, 1.82) is 0 Å². The summed E-state index contributed by atoms with van der Waals surface area (Å²) in [6.07, 6.45) is 0.771. The predicted octanol–water partition coefficient (Wildman–Crippen LogP) is 2.31. The lowest BCUT2D eigenvalue weighted by molar-refractivity contribution is -0.136. The molecular formula is C10H9NO2S. The molecule has 0 spiro atoms. The van der Waals surface area contributed by atoms with E-state index in [4.69, 9.17) is 5.11 Å². The van der Waals surface area contributed by atoms with Gasteiger partial charge < -0.3 is 5.11 Å². The van der Waals surface area contributed by atoms with Gasteiger partial charge >= 0.3 is 5.97 Å². The van der Waals surface area contributed by atoms with Crippen LogP contribution in [0.5, 0.6) is 0 Å². The summed E-state index contributed by atoms with van der Waals surface area (Å²) in [4.78, 5) is 14.5. The largest absolute Gasteiger partial charge is 0.481 e. The van der Waals surface area contributed by atoms with E-state index >= 15 is 0 Å². The van der Waals surface area contributed by atoms with E-state index in [1.165, 1.54) is 0 Å². The number of carbonyl (C=O) groups is 1. The summed E-state index contributed by atoms with van der Waals surface area (Å²) in [5.74, 6) is -0.755. The minimum atomic E-state index is -0.755. The van der Waals surface area contributed by atoms with Crippen LogP contribution in [0.15, 0.2) is 23.7 Å². The fourth-order valence-electron chi connectivity index (χ4n) is 1.31. The number of fused-ring (bicyclic) bond motifs is 1. The van der Waals surface area contributed by atoms with E-state index in [1.54, 1.807) is 16.8 Å². The predicted molar refractivity (Wildman–Crippen MR) is 55.6 cm³/mol. The quantitative estimate of drug-likeness (QED) is 0.840. The van der Waals surface area contributed by atoms with Crippen LogP contribution in [-0.2, 0) is 11.2 Å². The third-order valence-electron chi connectivity index (χ3n) is 2.02. The summed E-state index contributed by atoms with van der Waals surface area (Å²) in [5, 5.41) is 8.54. The first kappa shape index (κ1) is 9.15. The Kier molecular flexibility index (Phi) is 2.45. The fraction of sp³-hybridized carbons (Fsp3) is 0.200. The number of aromatic nitrogens is 1. The number of aryl methyl sites for hydroxylation is 1. The standard InChI is InChI=1S/C10H9NO2S/c12-10(13)4-2-7-1-3-8-9(5-7)14-6-11-8/h1,3,5-6H,2,4H2,(H,12,13). The summed E-state index contributed by atoms with van der Waals surface area (Å²) >= 11 is 1.58.